The van der Waals surface area contributed by atoms with Gasteiger partial charge >= 0.3 is 0 Å². The Labute approximate surface area is 256 Å². The second kappa shape index (κ2) is 16.2. The van der Waals surface area contributed by atoms with Gasteiger partial charge in [-0.3, -0.25) is 14.5 Å². The van der Waals surface area contributed by atoms with Crippen LogP contribution in [0.25, 0.3) is 0 Å². The maximum Gasteiger partial charge on any atom is 0.264 e. The van der Waals surface area contributed by atoms with E-state index in [1.807, 2.05) is 59.5 Å². The third-order valence-electron chi connectivity index (χ3n) is 8.49. The van der Waals surface area contributed by atoms with E-state index in [-0.39, 0.29) is 18.4 Å². The number of nitrogens with zero attached hydrogens (tertiary/aromatic N) is 2. The monoisotopic (exact) mass is 582 g/mol. The highest BCUT2D eigenvalue weighted by molar-refractivity contribution is 5.98. The number of rotatable bonds is 8. The van der Waals surface area contributed by atoms with Crippen molar-refractivity contribution >= 4 is 17.5 Å². The van der Waals surface area contributed by atoms with E-state index in [0.29, 0.717) is 30.9 Å². The summed E-state index contributed by atoms with van der Waals surface area (Å²) in [6.07, 6.45) is 9.31. The summed E-state index contributed by atoms with van der Waals surface area (Å²) in [7, 11) is 0. The van der Waals surface area contributed by atoms with Crippen molar-refractivity contribution in [3.05, 3.63) is 95.1 Å². The van der Waals surface area contributed by atoms with E-state index < -0.39 is 0 Å². The van der Waals surface area contributed by atoms with Crippen molar-refractivity contribution in [3.8, 4) is 5.75 Å². The molecule has 2 aliphatic heterocycles. The van der Waals surface area contributed by atoms with Gasteiger partial charge in [-0.05, 0) is 92.3 Å². The van der Waals surface area contributed by atoms with Gasteiger partial charge in [0.05, 0.1) is 0 Å². The number of likely N-dealkylation sites (tertiary alicyclic amines) is 1. The molecule has 0 atom stereocenters. The number of fused-ring (bicyclic) bond motifs is 1. The first-order chi connectivity index (χ1) is 21.2. The van der Waals surface area contributed by atoms with Crippen LogP contribution in [-0.4, -0.2) is 49.5 Å². The summed E-state index contributed by atoms with van der Waals surface area (Å²) < 4.78 is 5.83. The van der Waals surface area contributed by atoms with Crippen molar-refractivity contribution in [1.82, 2.24) is 15.5 Å². The summed E-state index contributed by atoms with van der Waals surface area (Å²) in [5, 5.41) is 6.70. The third kappa shape index (κ3) is 9.15. The lowest BCUT2D eigenvalue weighted by Gasteiger charge is -2.27. The van der Waals surface area contributed by atoms with Crippen molar-refractivity contribution < 1.29 is 14.3 Å². The topological polar surface area (TPSA) is 73.9 Å². The summed E-state index contributed by atoms with van der Waals surface area (Å²) in [5.74, 6) is 0.494. The van der Waals surface area contributed by atoms with E-state index in [1.54, 1.807) is 0 Å². The van der Waals surface area contributed by atoms with E-state index >= 15 is 0 Å². The van der Waals surface area contributed by atoms with Gasteiger partial charge in [-0.25, -0.2) is 0 Å². The summed E-state index contributed by atoms with van der Waals surface area (Å²) in [5.41, 5.74) is 4.84. The van der Waals surface area contributed by atoms with Gasteiger partial charge in [0.2, 0.25) is 0 Å². The first kappa shape index (κ1) is 30.8. The minimum Gasteiger partial charge on any atom is -0.484 e. The van der Waals surface area contributed by atoms with Gasteiger partial charge in [-0.1, -0.05) is 68.1 Å². The van der Waals surface area contributed by atoms with Gasteiger partial charge in [0.15, 0.2) is 6.61 Å². The number of nitrogens with one attached hydrogen (secondary N) is 2. The van der Waals surface area contributed by atoms with Gasteiger partial charge in [0, 0.05) is 37.4 Å². The number of carbonyl (C=O) groups excluding carboxylic acids is 2. The standard InChI is InChI=1S/C36H46N4O3/c41-35(28-43-33-16-6-4-7-17-33)40-23-13-3-1-2-10-20-37-25-32-24-29(18-19-34(32)40)36(42)38-26-30-14-8-9-15-31(30)27-39-21-11-5-12-22-39/h4,6-9,14-19,24,37H,1-3,5,10-13,20-23,25-28H2,(H,38,42). The fraction of sp³-hybridized carbons (Fsp3) is 0.444. The molecule has 43 heavy (non-hydrogen) atoms. The molecule has 2 N–H and O–H groups in total. The Kier molecular flexibility index (Phi) is 11.6. The van der Waals surface area contributed by atoms with Gasteiger partial charge in [-0.2, -0.15) is 0 Å². The van der Waals surface area contributed by atoms with E-state index in [1.165, 1.54) is 31.2 Å². The van der Waals surface area contributed by atoms with Crippen molar-refractivity contribution in [1.29, 1.82) is 0 Å². The van der Waals surface area contributed by atoms with Gasteiger partial charge in [0.25, 0.3) is 11.8 Å². The third-order valence-corrected chi connectivity index (χ3v) is 8.49. The van der Waals surface area contributed by atoms with Crippen LogP contribution in [0, 0.1) is 0 Å². The fourth-order valence-corrected chi connectivity index (χ4v) is 6.04. The largest absolute Gasteiger partial charge is 0.484 e. The highest BCUT2D eigenvalue weighted by Gasteiger charge is 2.21. The Bertz CT molecular complexity index is 1320. The van der Waals surface area contributed by atoms with Gasteiger partial charge in [-0.15, -0.1) is 0 Å². The normalized spacial score (nSPS) is 16.8. The molecule has 0 aliphatic carbocycles. The molecular weight excluding hydrogens is 536 g/mol. The molecule has 228 valence electrons. The number of ether oxygens (including phenoxy) is 1. The minimum atomic E-state index is -0.105. The zero-order chi connectivity index (χ0) is 29.7. The van der Waals surface area contributed by atoms with Crippen LogP contribution in [0.2, 0.25) is 0 Å². The molecule has 2 heterocycles. The molecule has 7 nitrogen and oxygen atoms in total. The molecule has 7 heteroatoms. The highest BCUT2D eigenvalue weighted by Crippen LogP contribution is 2.25. The van der Waals surface area contributed by atoms with Crippen LogP contribution in [0.3, 0.4) is 0 Å². The Balaban J connectivity index is 1.30. The lowest BCUT2D eigenvalue weighted by molar-refractivity contribution is -0.120. The van der Waals surface area contributed by atoms with E-state index in [0.717, 1.165) is 68.7 Å². The van der Waals surface area contributed by atoms with Crippen molar-refractivity contribution in [2.45, 2.75) is 71.0 Å². The number of carbonyl (C=O) groups is 2. The zero-order valence-electron chi connectivity index (χ0n) is 25.4. The number of amides is 2. The van der Waals surface area contributed by atoms with Crippen LogP contribution in [0.4, 0.5) is 5.69 Å². The molecule has 1 fully saturated rings. The predicted molar refractivity (Wildman–Crippen MR) is 172 cm³/mol. The molecule has 0 bridgehead atoms. The summed E-state index contributed by atoms with van der Waals surface area (Å²) in [6.45, 7) is 5.80. The number of anilines is 1. The molecule has 0 spiro atoms. The molecule has 2 amide bonds. The second-order valence-electron chi connectivity index (χ2n) is 11.7. The van der Waals surface area contributed by atoms with Crippen LogP contribution in [-0.2, 0) is 24.4 Å². The van der Waals surface area contributed by atoms with E-state index in [2.05, 4.69) is 33.7 Å². The Morgan fingerprint density at radius 3 is 2.30 bits per heavy atom. The SMILES string of the molecule is O=C(NCc1ccccc1CN1CCCCC1)c1ccc2c(c1)CNCCCCCCCN2C(=O)COc1ccccc1. The molecule has 1 saturated heterocycles. The first-order valence-corrected chi connectivity index (χ1v) is 16.1. The Morgan fingerprint density at radius 1 is 0.767 bits per heavy atom. The molecule has 3 aromatic carbocycles. The van der Waals surface area contributed by atoms with Gasteiger partial charge in [0.1, 0.15) is 5.75 Å². The quantitative estimate of drug-likeness (QED) is 0.337. The Hall–Kier alpha value is -3.68. The van der Waals surface area contributed by atoms with Crippen molar-refractivity contribution in [2.24, 2.45) is 0 Å². The molecule has 0 aromatic heterocycles. The molecule has 2 aliphatic rings. The smallest absolute Gasteiger partial charge is 0.264 e. The average Bonchev–Trinajstić information content (AvgIpc) is 3.04. The van der Waals surface area contributed by atoms with Crippen LogP contribution in [0.1, 0.15) is 78.4 Å². The maximum atomic E-state index is 13.5. The predicted octanol–water partition coefficient (Wildman–Crippen LogP) is 6.07. The van der Waals surface area contributed by atoms with E-state index in [4.69, 9.17) is 4.74 Å². The number of hydrogen-bond donors (Lipinski definition) is 2. The summed E-state index contributed by atoms with van der Waals surface area (Å²) in [6, 6.07) is 23.6. The second-order valence-corrected chi connectivity index (χ2v) is 11.7. The van der Waals surface area contributed by atoms with Crippen molar-refractivity contribution in [2.75, 3.05) is 37.7 Å². The molecule has 0 radical (unpaired) electrons. The maximum absolute atomic E-state index is 13.5. The molecule has 3 aromatic rings. The van der Waals surface area contributed by atoms with E-state index in [9.17, 15) is 9.59 Å². The Morgan fingerprint density at radius 2 is 1.47 bits per heavy atom. The van der Waals surface area contributed by atoms with Crippen molar-refractivity contribution in [3.63, 3.8) is 0 Å². The summed E-state index contributed by atoms with van der Waals surface area (Å²) >= 11 is 0. The number of piperidine rings is 1. The van der Waals surface area contributed by atoms with Crippen LogP contribution >= 0.6 is 0 Å². The number of hydrogen-bond acceptors (Lipinski definition) is 5. The molecule has 5 rings (SSSR count). The van der Waals surface area contributed by atoms with Crippen LogP contribution < -0.4 is 20.3 Å². The average molecular weight is 583 g/mol. The molecular formula is C36H46N4O3. The number of para-hydroxylation sites is 1. The fourth-order valence-electron chi connectivity index (χ4n) is 6.04. The lowest BCUT2D eigenvalue weighted by Crippen LogP contribution is -2.37. The van der Waals surface area contributed by atoms with Gasteiger partial charge < -0.3 is 20.3 Å². The van der Waals surface area contributed by atoms with Crippen LogP contribution in [0.15, 0.2) is 72.8 Å². The first-order valence-electron chi connectivity index (χ1n) is 16.1. The molecule has 0 unspecified atom stereocenters. The lowest BCUT2D eigenvalue weighted by atomic mass is 10.0. The summed E-state index contributed by atoms with van der Waals surface area (Å²) in [4.78, 5) is 31.3. The minimum absolute atomic E-state index is 0.0318. The zero-order valence-corrected chi connectivity index (χ0v) is 25.4. The van der Waals surface area contributed by atoms with Crippen LogP contribution in [0.5, 0.6) is 5.75 Å². The number of benzene rings is 3. The molecule has 0 saturated carbocycles. The highest BCUT2D eigenvalue weighted by atomic mass is 16.5.